The van der Waals surface area contributed by atoms with Gasteiger partial charge in [-0.3, -0.25) is 4.79 Å². The smallest absolute Gasteiger partial charge is 0.226 e. The molecule has 0 radical (unpaired) electrons. The molecular formula is C34H48N2O2. The summed E-state index contributed by atoms with van der Waals surface area (Å²) >= 11 is 0. The minimum absolute atomic E-state index is 0.193. The fraction of sp³-hybridized carbons (Fsp3) is 0.441. The molecule has 0 aromatic heterocycles. The summed E-state index contributed by atoms with van der Waals surface area (Å²) in [7, 11) is 5.77. The Morgan fingerprint density at radius 1 is 1.00 bits per heavy atom. The van der Waals surface area contributed by atoms with Crippen LogP contribution in [-0.2, 0) is 11.2 Å². The second-order valence-corrected chi connectivity index (χ2v) is 10.5. The van der Waals surface area contributed by atoms with Gasteiger partial charge >= 0.3 is 0 Å². The van der Waals surface area contributed by atoms with Crippen LogP contribution in [0.5, 0.6) is 5.75 Å². The van der Waals surface area contributed by atoms with Crippen molar-refractivity contribution in [3.63, 3.8) is 0 Å². The number of amides is 1. The lowest BCUT2D eigenvalue weighted by Crippen LogP contribution is -2.31. The van der Waals surface area contributed by atoms with E-state index in [9.17, 15) is 4.79 Å². The molecule has 0 bridgehead atoms. The second kappa shape index (κ2) is 15.9. The number of aryl methyl sites for hydroxylation is 2. The molecule has 0 aliphatic carbocycles. The van der Waals surface area contributed by atoms with E-state index in [0.29, 0.717) is 18.9 Å². The van der Waals surface area contributed by atoms with E-state index in [0.717, 1.165) is 54.8 Å². The molecule has 38 heavy (non-hydrogen) atoms. The molecule has 0 spiro atoms. The van der Waals surface area contributed by atoms with E-state index in [2.05, 4.69) is 86.9 Å². The highest BCUT2D eigenvalue weighted by molar-refractivity contribution is 5.93. The first-order valence-corrected chi connectivity index (χ1v) is 13.9. The van der Waals surface area contributed by atoms with Gasteiger partial charge in [-0.05, 0) is 98.9 Å². The quantitative estimate of drug-likeness (QED) is 0.177. The molecule has 206 valence electrons. The van der Waals surface area contributed by atoms with E-state index in [1.54, 1.807) is 7.11 Å². The molecule has 4 heteroatoms. The van der Waals surface area contributed by atoms with Crippen LogP contribution in [0.4, 0.5) is 5.69 Å². The summed E-state index contributed by atoms with van der Waals surface area (Å²) in [4.78, 5) is 17.4. The number of hydrogen-bond acceptors (Lipinski definition) is 3. The van der Waals surface area contributed by atoms with Gasteiger partial charge in [-0.1, -0.05) is 56.4 Å². The van der Waals surface area contributed by atoms with Crippen molar-refractivity contribution in [2.75, 3.05) is 32.6 Å². The summed E-state index contributed by atoms with van der Waals surface area (Å²) in [5.74, 6) is 1.55. The van der Waals surface area contributed by atoms with Crippen molar-refractivity contribution in [1.29, 1.82) is 0 Å². The third-order valence-electron chi connectivity index (χ3n) is 6.99. The monoisotopic (exact) mass is 516 g/mol. The highest BCUT2D eigenvalue weighted by Gasteiger charge is 2.16. The third kappa shape index (κ3) is 9.89. The highest BCUT2D eigenvalue weighted by Crippen LogP contribution is 2.23. The molecule has 0 aliphatic heterocycles. The molecule has 4 nitrogen and oxygen atoms in total. The summed E-state index contributed by atoms with van der Waals surface area (Å²) in [6.45, 7) is 13.5. The van der Waals surface area contributed by atoms with Crippen molar-refractivity contribution in [1.82, 2.24) is 4.90 Å². The Morgan fingerprint density at radius 3 is 2.29 bits per heavy atom. The zero-order chi connectivity index (χ0) is 28.1. The molecule has 0 N–H and O–H groups in total. The fourth-order valence-corrected chi connectivity index (χ4v) is 4.49. The summed E-state index contributed by atoms with van der Waals surface area (Å²) in [5.41, 5.74) is 7.05. The number of allylic oxidation sites excluding steroid dienone is 4. The predicted molar refractivity (Wildman–Crippen MR) is 163 cm³/mol. The zero-order valence-electron chi connectivity index (χ0n) is 24.7. The topological polar surface area (TPSA) is 32.8 Å². The number of unbranched alkanes of at least 4 members (excludes halogenated alkanes) is 1. The van der Waals surface area contributed by atoms with Crippen molar-refractivity contribution in [2.45, 2.75) is 72.1 Å². The lowest BCUT2D eigenvalue weighted by molar-refractivity contribution is -0.118. The van der Waals surface area contributed by atoms with Gasteiger partial charge in [0.05, 0.1) is 7.11 Å². The first-order chi connectivity index (χ1) is 18.2. The third-order valence-corrected chi connectivity index (χ3v) is 6.99. The maximum absolute atomic E-state index is 13.4. The number of carbonyl (C=O) groups is 1. The van der Waals surface area contributed by atoms with E-state index >= 15 is 0 Å². The van der Waals surface area contributed by atoms with Gasteiger partial charge in [-0.2, -0.15) is 0 Å². The van der Waals surface area contributed by atoms with E-state index in [4.69, 9.17) is 4.74 Å². The maximum Gasteiger partial charge on any atom is 0.226 e. The van der Waals surface area contributed by atoms with Crippen LogP contribution >= 0.6 is 0 Å². The molecule has 2 aromatic rings. The summed E-state index contributed by atoms with van der Waals surface area (Å²) in [6, 6.07) is 14.7. The fourth-order valence-electron chi connectivity index (χ4n) is 4.49. The Morgan fingerprint density at radius 2 is 1.71 bits per heavy atom. The van der Waals surface area contributed by atoms with Crippen molar-refractivity contribution in [2.24, 2.45) is 0 Å². The van der Waals surface area contributed by atoms with Crippen LogP contribution in [0.25, 0.3) is 0 Å². The van der Waals surface area contributed by atoms with E-state index in [1.807, 2.05) is 32.0 Å². The number of carbonyl (C=O) groups excluding carboxylic acids is 1. The van der Waals surface area contributed by atoms with Crippen LogP contribution in [0.2, 0.25) is 0 Å². The van der Waals surface area contributed by atoms with Crippen LogP contribution in [0.15, 0.2) is 78.5 Å². The van der Waals surface area contributed by atoms with Gasteiger partial charge < -0.3 is 14.5 Å². The second-order valence-electron chi connectivity index (χ2n) is 10.5. The van der Waals surface area contributed by atoms with Gasteiger partial charge in [0.2, 0.25) is 5.91 Å². The standard InChI is InChI=1S/C34H48N2O2/c1-9-31(35(6)7)20-16-27(4)13-12-24-36(32-21-17-29(18-22-32)26(2)3)34(37)15-11-10-14-30-19-23-33(38-8)25-28(30)5/h9,16-23,25-26H,4,10-15,24H2,1-3,5-8H3/b20-16-,31-9+. The van der Waals surface area contributed by atoms with Gasteiger partial charge in [0.25, 0.3) is 0 Å². The number of benzene rings is 2. The largest absolute Gasteiger partial charge is 0.497 e. The van der Waals surface area contributed by atoms with Crippen LogP contribution in [0, 0.1) is 6.92 Å². The lowest BCUT2D eigenvalue weighted by atomic mass is 10.0. The summed E-state index contributed by atoms with van der Waals surface area (Å²) in [6.07, 6.45) is 11.4. The Bertz CT molecular complexity index is 1090. The van der Waals surface area contributed by atoms with Crippen LogP contribution in [0.3, 0.4) is 0 Å². The van der Waals surface area contributed by atoms with Crippen LogP contribution in [0.1, 0.15) is 75.5 Å². The van der Waals surface area contributed by atoms with E-state index < -0.39 is 0 Å². The van der Waals surface area contributed by atoms with Gasteiger partial charge in [-0.25, -0.2) is 0 Å². The van der Waals surface area contributed by atoms with Gasteiger partial charge in [-0.15, -0.1) is 0 Å². The number of anilines is 1. The van der Waals surface area contributed by atoms with Gasteiger partial charge in [0.15, 0.2) is 0 Å². The molecule has 0 fully saturated rings. The number of methoxy groups -OCH3 is 1. The Hall–Kier alpha value is -3.27. The minimum atomic E-state index is 0.193. The van der Waals surface area contributed by atoms with Crippen LogP contribution in [-0.4, -0.2) is 38.6 Å². The Kier molecular flexibility index (Phi) is 12.9. The molecule has 0 unspecified atom stereocenters. The first-order valence-electron chi connectivity index (χ1n) is 13.9. The average molecular weight is 517 g/mol. The lowest BCUT2D eigenvalue weighted by Gasteiger charge is -2.24. The average Bonchev–Trinajstić information content (AvgIpc) is 2.89. The van der Waals surface area contributed by atoms with Crippen LogP contribution < -0.4 is 9.64 Å². The number of likely N-dealkylation sites (N-methyl/N-ethyl adjacent to an activating group) is 1. The van der Waals surface area contributed by atoms with Crippen molar-refractivity contribution >= 4 is 11.6 Å². The molecule has 0 aliphatic rings. The van der Waals surface area contributed by atoms with E-state index in [-0.39, 0.29) is 5.91 Å². The minimum Gasteiger partial charge on any atom is -0.497 e. The van der Waals surface area contributed by atoms with Gasteiger partial charge in [0.1, 0.15) is 5.75 Å². The first kappa shape index (κ1) is 31.0. The molecule has 2 rings (SSSR count). The molecule has 1 amide bonds. The number of hydrogen-bond donors (Lipinski definition) is 0. The van der Waals surface area contributed by atoms with Crippen molar-refractivity contribution in [3.8, 4) is 5.75 Å². The Labute approximate surface area is 231 Å². The number of ether oxygens (including phenoxy) is 1. The number of nitrogens with zero attached hydrogens (tertiary/aromatic N) is 2. The molecule has 0 atom stereocenters. The molecule has 0 saturated heterocycles. The SMILES string of the molecule is C=C(/C=C\C(=C/C)N(C)C)CCCN(C(=O)CCCCc1ccc(OC)cc1C)c1ccc(C(C)C)cc1. The van der Waals surface area contributed by atoms with E-state index in [1.165, 1.54) is 16.7 Å². The van der Waals surface area contributed by atoms with Crippen molar-refractivity contribution < 1.29 is 9.53 Å². The molecule has 2 aromatic carbocycles. The van der Waals surface area contributed by atoms with Gasteiger partial charge in [0, 0.05) is 38.4 Å². The maximum atomic E-state index is 13.4. The molecule has 0 heterocycles. The Balaban J connectivity index is 1.99. The predicted octanol–water partition coefficient (Wildman–Crippen LogP) is 8.23. The number of rotatable bonds is 15. The zero-order valence-corrected chi connectivity index (χ0v) is 24.7. The summed E-state index contributed by atoms with van der Waals surface area (Å²) < 4.78 is 5.32. The highest BCUT2D eigenvalue weighted by atomic mass is 16.5. The normalized spacial score (nSPS) is 11.7. The summed E-state index contributed by atoms with van der Waals surface area (Å²) in [5, 5.41) is 0. The molecular weight excluding hydrogens is 468 g/mol. The van der Waals surface area contributed by atoms with Crippen molar-refractivity contribution in [3.05, 3.63) is 95.2 Å². The molecule has 0 saturated carbocycles.